The van der Waals surface area contributed by atoms with Gasteiger partial charge in [-0.05, 0) is 24.7 Å². The van der Waals surface area contributed by atoms with E-state index in [4.69, 9.17) is 9.15 Å². The third-order valence-corrected chi connectivity index (χ3v) is 3.48. The van der Waals surface area contributed by atoms with Crippen molar-refractivity contribution in [1.82, 2.24) is 10.2 Å². The van der Waals surface area contributed by atoms with E-state index >= 15 is 0 Å². The number of nitrogens with zero attached hydrogens (tertiary/aromatic N) is 1. The molecule has 0 radical (unpaired) electrons. The average molecular weight is 288 g/mol. The highest BCUT2D eigenvalue weighted by atomic mass is 16.5. The number of likely N-dealkylation sites (N-methyl/N-ethyl adjacent to an activating group) is 1. The second-order valence-electron chi connectivity index (χ2n) is 5.11. The van der Waals surface area contributed by atoms with Gasteiger partial charge >= 0.3 is 0 Å². The number of hydrogen-bond acceptors (Lipinski definition) is 4. The first kappa shape index (κ1) is 15.8. The molecule has 0 aliphatic heterocycles. The number of methoxy groups -OCH3 is 1. The SMILES string of the molecule is COCCN(C)CCNC(c1ccccc1)c1ccco1. The van der Waals surface area contributed by atoms with Crippen LogP contribution < -0.4 is 5.32 Å². The van der Waals surface area contributed by atoms with E-state index in [1.165, 1.54) is 5.56 Å². The van der Waals surface area contributed by atoms with Crippen molar-refractivity contribution in [1.29, 1.82) is 0 Å². The first-order valence-corrected chi connectivity index (χ1v) is 7.30. The molecule has 2 rings (SSSR count). The molecule has 1 aromatic carbocycles. The molecule has 1 heterocycles. The average Bonchev–Trinajstić information content (AvgIpc) is 3.04. The van der Waals surface area contributed by atoms with Gasteiger partial charge in [0.15, 0.2) is 0 Å². The molecule has 0 saturated carbocycles. The molecule has 114 valence electrons. The predicted octanol–water partition coefficient (Wildman–Crippen LogP) is 2.54. The minimum atomic E-state index is 0.0945. The van der Waals surface area contributed by atoms with Crippen LogP contribution in [0.25, 0.3) is 0 Å². The Bertz CT molecular complexity index is 485. The Morgan fingerprint density at radius 3 is 2.62 bits per heavy atom. The third kappa shape index (κ3) is 5.01. The van der Waals surface area contributed by atoms with Gasteiger partial charge in [-0.2, -0.15) is 0 Å². The van der Waals surface area contributed by atoms with Crippen LogP contribution in [0, 0.1) is 0 Å². The standard InChI is InChI=1S/C17H24N2O2/c1-19(12-14-20-2)11-10-18-17(16-9-6-13-21-16)15-7-4-3-5-8-15/h3-9,13,17-18H,10-12,14H2,1-2H3. The molecule has 1 N–H and O–H groups in total. The van der Waals surface area contributed by atoms with E-state index in [0.717, 1.165) is 32.0 Å². The van der Waals surface area contributed by atoms with Crippen LogP contribution in [0.1, 0.15) is 17.4 Å². The minimum absolute atomic E-state index is 0.0945. The number of ether oxygens (including phenoxy) is 1. The molecule has 0 spiro atoms. The van der Waals surface area contributed by atoms with Crippen LogP contribution in [0.15, 0.2) is 53.1 Å². The molecule has 4 nitrogen and oxygen atoms in total. The van der Waals surface area contributed by atoms with E-state index in [9.17, 15) is 0 Å². The van der Waals surface area contributed by atoms with Crippen molar-refractivity contribution in [3.8, 4) is 0 Å². The molecule has 0 saturated heterocycles. The zero-order chi connectivity index (χ0) is 14.9. The smallest absolute Gasteiger partial charge is 0.125 e. The van der Waals surface area contributed by atoms with Gasteiger partial charge in [-0.25, -0.2) is 0 Å². The van der Waals surface area contributed by atoms with Crippen molar-refractivity contribution in [2.45, 2.75) is 6.04 Å². The van der Waals surface area contributed by atoms with Crippen molar-refractivity contribution < 1.29 is 9.15 Å². The summed E-state index contributed by atoms with van der Waals surface area (Å²) < 4.78 is 10.7. The molecule has 1 unspecified atom stereocenters. The minimum Gasteiger partial charge on any atom is -0.467 e. The zero-order valence-corrected chi connectivity index (χ0v) is 12.8. The fourth-order valence-corrected chi connectivity index (χ4v) is 2.24. The summed E-state index contributed by atoms with van der Waals surface area (Å²) >= 11 is 0. The number of rotatable bonds is 9. The number of benzene rings is 1. The lowest BCUT2D eigenvalue weighted by molar-refractivity contribution is 0.161. The molecular weight excluding hydrogens is 264 g/mol. The molecule has 4 heteroatoms. The maximum atomic E-state index is 5.58. The van der Waals surface area contributed by atoms with Crippen molar-refractivity contribution in [2.24, 2.45) is 0 Å². The maximum absolute atomic E-state index is 5.58. The number of furan rings is 1. The van der Waals surface area contributed by atoms with E-state index in [1.807, 2.05) is 18.2 Å². The van der Waals surface area contributed by atoms with E-state index in [2.05, 4.69) is 41.5 Å². The summed E-state index contributed by atoms with van der Waals surface area (Å²) in [6.07, 6.45) is 1.72. The van der Waals surface area contributed by atoms with Gasteiger partial charge in [-0.15, -0.1) is 0 Å². The second-order valence-corrected chi connectivity index (χ2v) is 5.11. The van der Waals surface area contributed by atoms with Gasteiger partial charge in [0.05, 0.1) is 18.9 Å². The Morgan fingerprint density at radius 1 is 1.14 bits per heavy atom. The lowest BCUT2D eigenvalue weighted by atomic mass is 10.0. The molecule has 0 fully saturated rings. The highest BCUT2D eigenvalue weighted by Crippen LogP contribution is 2.21. The highest BCUT2D eigenvalue weighted by Gasteiger charge is 2.15. The Hall–Kier alpha value is -1.62. The Morgan fingerprint density at radius 2 is 1.95 bits per heavy atom. The summed E-state index contributed by atoms with van der Waals surface area (Å²) in [4.78, 5) is 2.25. The summed E-state index contributed by atoms with van der Waals surface area (Å²) in [6.45, 7) is 3.56. The van der Waals surface area contributed by atoms with Gasteiger partial charge in [0.1, 0.15) is 5.76 Å². The monoisotopic (exact) mass is 288 g/mol. The molecule has 0 amide bonds. The quantitative estimate of drug-likeness (QED) is 0.769. The molecule has 21 heavy (non-hydrogen) atoms. The van der Waals surface area contributed by atoms with Gasteiger partial charge in [0.25, 0.3) is 0 Å². The van der Waals surface area contributed by atoms with Gasteiger partial charge in [0.2, 0.25) is 0 Å². The molecule has 0 bridgehead atoms. The van der Waals surface area contributed by atoms with Gasteiger partial charge < -0.3 is 19.4 Å². The van der Waals surface area contributed by atoms with E-state index < -0.39 is 0 Å². The van der Waals surface area contributed by atoms with E-state index in [-0.39, 0.29) is 6.04 Å². The van der Waals surface area contributed by atoms with Gasteiger partial charge in [0, 0.05) is 26.7 Å². The van der Waals surface area contributed by atoms with Crippen molar-refractivity contribution in [2.75, 3.05) is 40.4 Å². The first-order chi connectivity index (χ1) is 10.3. The summed E-state index contributed by atoms with van der Waals surface area (Å²) in [5.74, 6) is 0.945. The second kappa shape index (κ2) is 8.62. The van der Waals surface area contributed by atoms with Crippen LogP contribution in [0.5, 0.6) is 0 Å². The van der Waals surface area contributed by atoms with Crippen molar-refractivity contribution in [3.63, 3.8) is 0 Å². The van der Waals surface area contributed by atoms with Crippen LogP contribution >= 0.6 is 0 Å². The largest absolute Gasteiger partial charge is 0.467 e. The number of nitrogens with one attached hydrogen (secondary N) is 1. The summed E-state index contributed by atoms with van der Waals surface area (Å²) in [7, 11) is 3.83. The first-order valence-electron chi connectivity index (χ1n) is 7.30. The predicted molar refractivity (Wildman–Crippen MR) is 84.4 cm³/mol. The molecule has 1 aromatic heterocycles. The molecule has 2 aromatic rings. The lowest BCUT2D eigenvalue weighted by Crippen LogP contribution is -2.33. The van der Waals surface area contributed by atoms with Crippen LogP contribution in [0.2, 0.25) is 0 Å². The van der Waals surface area contributed by atoms with Crippen LogP contribution in [-0.4, -0.2) is 45.3 Å². The van der Waals surface area contributed by atoms with Crippen LogP contribution in [0.3, 0.4) is 0 Å². The lowest BCUT2D eigenvalue weighted by Gasteiger charge is -2.20. The Labute approximate surface area is 126 Å². The van der Waals surface area contributed by atoms with E-state index in [0.29, 0.717) is 0 Å². The van der Waals surface area contributed by atoms with E-state index in [1.54, 1.807) is 13.4 Å². The van der Waals surface area contributed by atoms with Crippen LogP contribution in [-0.2, 0) is 4.74 Å². The van der Waals surface area contributed by atoms with Gasteiger partial charge in [-0.1, -0.05) is 30.3 Å². The summed E-state index contributed by atoms with van der Waals surface area (Å²) in [5.41, 5.74) is 1.21. The summed E-state index contributed by atoms with van der Waals surface area (Å²) in [6, 6.07) is 14.4. The topological polar surface area (TPSA) is 37.6 Å². The van der Waals surface area contributed by atoms with Crippen molar-refractivity contribution >= 4 is 0 Å². The normalized spacial score (nSPS) is 12.7. The number of hydrogen-bond donors (Lipinski definition) is 1. The van der Waals surface area contributed by atoms with Gasteiger partial charge in [-0.3, -0.25) is 0 Å². The molecule has 1 atom stereocenters. The van der Waals surface area contributed by atoms with Crippen molar-refractivity contribution in [3.05, 3.63) is 60.1 Å². The fraction of sp³-hybridized carbons (Fsp3) is 0.412. The zero-order valence-electron chi connectivity index (χ0n) is 12.8. The molecule has 0 aliphatic carbocycles. The Balaban J connectivity index is 1.92. The molecule has 0 aliphatic rings. The Kier molecular flexibility index (Phi) is 6.47. The third-order valence-electron chi connectivity index (χ3n) is 3.48. The fourth-order valence-electron chi connectivity index (χ4n) is 2.24. The molecular formula is C17H24N2O2. The highest BCUT2D eigenvalue weighted by molar-refractivity contribution is 5.26. The summed E-state index contributed by atoms with van der Waals surface area (Å²) in [5, 5.41) is 3.57. The maximum Gasteiger partial charge on any atom is 0.125 e. The van der Waals surface area contributed by atoms with Crippen LogP contribution in [0.4, 0.5) is 0 Å².